The van der Waals surface area contributed by atoms with E-state index in [0.717, 1.165) is 11.8 Å². The minimum atomic E-state index is -0.940. The molecule has 0 aliphatic carbocycles. The second-order valence-corrected chi connectivity index (χ2v) is 7.47. The van der Waals surface area contributed by atoms with Crippen molar-refractivity contribution in [2.45, 2.75) is 38.2 Å². The summed E-state index contributed by atoms with van der Waals surface area (Å²) >= 11 is 4.70. The van der Waals surface area contributed by atoms with Gasteiger partial charge in [0.05, 0.1) is 0 Å². The first-order chi connectivity index (χ1) is 11.1. The van der Waals surface area contributed by atoms with E-state index in [4.69, 9.17) is 10.2 Å². The number of thioether (sulfide) groups is 1. The first kappa shape index (κ1) is 22.5. The Bertz CT molecular complexity index is 543. The van der Waals surface area contributed by atoms with Crippen molar-refractivity contribution >= 4 is 41.4 Å². The van der Waals surface area contributed by atoms with Gasteiger partial charge in [-0.25, -0.2) is 0 Å². The average molecular weight is 373 g/mol. The Morgan fingerprint density at radius 1 is 0.917 bits per heavy atom. The monoisotopic (exact) mass is 372 g/mol. The number of carbonyl (C=O) groups excluding carboxylic acids is 1. The van der Waals surface area contributed by atoms with Crippen LogP contribution in [0.5, 0.6) is 0 Å². The Balaban J connectivity index is 0.000000561. The number of carboxylic acids is 2. The van der Waals surface area contributed by atoms with Crippen molar-refractivity contribution in [2.75, 3.05) is 0 Å². The van der Waals surface area contributed by atoms with Gasteiger partial charge < -0.3 is 10.2 Å². The molecule has 0 amide bonds. The van der Waals surface area contributed by atoms with Crippen LogP contribution in [0, 0.1) is 11.8 Å². The van der Waals surface area contributed by atoms with Crippen LogP contribution in [0.3, 0.4) is 0 Å². The largest absolute Gasteiger partial charge is 0.480 e. The summed E-state index contributed by atoms with van der Waals surface area (Å²) in [4.78, 5) is 32.8. The smallest absolute Gasteiger partial charge is 0.317 e. The first-order valence-electron chi connectivity index (χ1n) is 7.47. The van der Waals surface area contributed by atoms with Crippen molar-refractivity contribution in [1.82, 2.24) is 0 Å². The van der Waals surface area contributed by atoms with Crippen molar-refractivity contribution < 1.29 is 24.6 Å². The zero-order chi connectivity index (χ0) is 18.9. The fourth-order valence-electron chi connectivity index (χ4n) is 1.51. The lowest BCUT2D eigenvalue weighted by atomic mass is 10.1. The van der Waals surface area contributed by atoms with E-state index in [9.17, 15) is 14.4 Å². The quantitative estimate of drug-likeness (QED) is 0.660. The molecule has 0 saturated carbocycles. The molecular formula is C17H24O5S2. The lowest BCUT2D eigenvalue weighted by Crippen LogP contribution is -2.24. The van der Waals surface area contributed by atoms with Crippen LogP contribution in [0.15, 0.2) is 30.3 Å². The maximum absolute atomic E-state index is 11.8. The van der Waals surface area contributed by atoms with Gasteiger partial charge in [0.15, 0.2) is 0 Å². The molecule has 24 heavy (non-hydrogen) atoms. The summed E-state index contributed by atoms with van der Waals surface area (Å²) in [5, 5.41) is 15.8. The molecule has 0 fully saturated rings. The molecule has 7 heteroatoms. The molecule has 0 unspecified atom stereocenters. The highest BCUT2D eigenvalue weighted by molar-refractivity contribution is 8.15. The van der Waals surface area contributed by atoms with Gasteiger partial charge >= 0.3 is 11.9 Å². The predicted molar refractivity (Wildman–Crippen MR) is 99.9 cm³/mol. The van der Waals surface area contributed by atoms with Gasteiger partial charge in [-0.2, -0.15) is 12.6 Å². The van der Waals surface area contributed by atoms with Crippen LogP contribution in [0.4, 0.5) is 0 Å². The topological polar surface area (TPSA) is 91.7 Å². The summed E-state index contributed by atoms with van der Waals surface area (Å²) < 4.78 is 0. The Labute approximate surface area is 152 Å². The van der Waals surface area contributed by atoms with Crippen molar-refractivity contribution in [3.63, 3.8) is 0 Å². The van der Waals surface area contributed by atoms with Crippen LogP contribution >= 0.6 is 24.4 Å². The van der Waals surface area contributed by atoms with E-state index in [0.29, 0.717) is 5.56 Å². The van der Waals surface area contributed by atoms with E-state index in [2.05, 4.69) is 12.6 Å². The van der Waals surface area contributed by atoms with E-state index in [1.807, 2.05) is 19.9 Å². The van der Waals surface area contributed by atoms with Gasteiger partial charge in [-0.3, -0.25) is 14.4 Å². The molecular weight excluding hydrogens is 348 g/mol. The molecule has 0 spiro atoms. The second kappa shape index (κ2) is 11.1. The summed E-state index contributed by atoms with van der Waals surface area (Å²) in [6.07, 6.45) is 0. The predicted octanol–water partition coefficient (Wildman–Crippen LogP) is 3.69. The van der Waals surface area contributed by atoms with Crippen LogP contribution in [0.1, 0.15) is 38.1 Å². The maximum atomic E-state index is 11.8. The first-order valence-corrected chi connectivity index (χ1v) is 8.87. The van der Waals surface area contributed by atoms with Crippen LogP contribution in [0.25, 0.3) is 0 Å². The van der Waals surface area contributed by atoms with Crippen LogP contribution in [-0.2, 0) is 9.59 Å². The number of hydrogen-bond donors (Lipinski definition) is 3. The highest BCUT2D eigenvalue weighted by Crippen LogP contribution is 2.23. The number of carboxylic acid groups (broad SMARTS) is 2. The SMILES string of the molecule is CC(C)[C@@H](S)C(=O)O.CC(C)[C@@H](SC(=O)c1ccccc1)C(=O)O. The Morgan fingerprint density at radius 2 is 1.42 bits per heavy atom. The van der Waals surface area contributed by atoms with Gasteiger partial charge in [-0.1, -0.05) is 69.8 Å². The fraction of sp³-hybridized carbons (Fsp3) is 0.471. The summed E-state index contributed by atoms with van der Waals surface area (Å²) in [6.45, 7) is 7.24. The Kier molecular flexibility index (Phi) is 10.5. The zero-order valence-electron chi connectivity index (χ0n) is 14.2. The van der Waals surface area contributed by atoms with E-state index < -0.39 is 22.4 Å². The van der Waals surface area contributed by atoms with Crippen LogP contribution in [0.2, 0.25) is 0 Å². The molecule has 0 radical (unpaired) electrons. The molecule has 2 atom stereocenters. The van der Waals surface area contributed by atoms with Crippen molar-refractivity contribution in [1.29, 1.82) is 0 Å². The summed E-state index contributed by atoms with van der Waals surface area (Å²) in [7, 11) is 0. The number of benzene rings is 1. The molecule has 0 aromatic heterocycles. The lowest BCUT2D eigenvalue weighted by Gasteiger charge is -2.14. The molecule has 0 heterocycles. The third-order valence-electron chi connectivity index (χ3n) is 2.98. The fourth-order valence-corrected chi connectivity index (χ4v) is 2.39. The molecule has 0 aliphatic heterocycles. The molecule has 0 aliphatic rings. The second-order valence-electron chi connectivity index (χ2n) is 5.80. The molecule has 5 nitrogen and oxygen atoms in total. The minimum absolute atomic E-state index is 0.0739. The van der Waals surface area contributed by atoms with E-state index in [1.54, 1.807) is 38.1 Å². The highest BCUT2D eigenvalue weighted by Gasteiger charge is 2.25. The number of thiol groups is 1. The number of rotatable bonds is 6. The molecule has 1 aromatic rings. The number of carbonyl (C=O) groups is 3. The van der Waals surface area contributed by atoms with Gasteiger partial charge in [0.1, 0.15) is 10.5 Å². The summed E-state index contributed by atoms with van der Waals surface area (Å²) in [5.74, 6) is -1.75. The third-order valence-corrected chi connectivity index (χ3v) is 5.24. The van der Waals surface area contributed by atoms with Crippen molar-refractivity contribution in [3.8, 4) is 0 Å². The normalized spacial score (nSPS) is 13.0. The van der Waals surface area contributed by atoms with Gasteiger partial charge in [0.2, 0.25) is 5.12 Å². The van der Waals surface area contributed by atoms with Crippen LogP contribution < -0.4 is 0 Å². The zero-order valence-corrected chi connectivity index (χ0v) is 15.9. The average Bonchev–Trinajstić information content (AvgIpc) is 2.52. The van der Waals surface area contributed by atoms with Gasteiger partial charge in [0.25, 0.3) is 0 Å². The molecule has 134 valence electrons. The maximum Gasteiger partial charge on any atom is 0.317 e. The van der Waals surface area contributed by atoms with E-state index in [1.165, 1.54) is 0 Å². The molecule has 2 N–H and O–H groups in total. The van der Waals surface area contributed by atoms with E-state index in [-0.39, 0.29) is 17.0 Å². The minimum Gasteiger partial charge on any atom is -0.480 e. The summed E-state index contributed by atoms with van der Waals surface area (Å²) in [5.41, 5.74) is 0.541. The molecule has 1 rings (SSSR count). The number of hydrogen-bond acceptors (Lipinski definition) is 5. The van der Waals surface area contributed by atoms with Gasteiger partial charge in [0, 0.05) is 5.56 Å². The standard InChI is InChI=1S/C12H14O3S.C5H10O2S/c1-8(2)10(11(13)14)16-12(15)9-6-4-3-5-7-9;1-3(2)4(8)5(6)7/h3-8,10H,1-2H3,(H,13,14);3-4,8H,1-2H3,(H,6,7)/t10-;4-/m11/s1. The van der Waals surface area contributed by atoms with E-state index >= 15 is 0 Å². The molecule has 0 saturated heterocycles. The number of aliphatic carboxylic acids is 2. The lowest BCUT2D eigenvalue weighted by molar-refractivity contribution is -0.138. The third kappa shape index (κ3) is 8.40. The van der Waals surface area contributed by atoms with Gasteiger partial charge in [-0.15, -0.1) is 0 Å². The van der Waals surface area contributed by atoms with Crippen molar-refractivity contribution in [3.05, 3.63) is 35.9 Å². The highest BCUT2D eigenvalue weighted by atomic mass is 32.2. The Hall–Kier alpha value is -1.47. The van der Waals surface area contributed by atoms with Crippen molar-refractivity contribution in [2.24, 2.45) is 11.8 Å². The Morgan fingerprint density at radius 3 is 1.71 bits per heavy atom. The van der Waals surface area contributed by atoms with Gasteiger partial charge in [-0.05, 0) is 11.8 Å². The molecule has 1 aromatic carbocycles. The van der Waals surface area contributed by atoms with Crippen LogP contribution in [-0.4, -0.2) is 37.8 Å². The summed E-state index contributed by atoms with van der Waals surface area (Å²) in [6, 6.07) is 8.72. The molecule has 0 bridgehead atoms.